The van der Waals surface area contributed by atoms with Gasteiger partial charge in [0.15, 0.2) is 0 Å². The van der Waals surface area contributed by atoms with Crippen molar-refractivity contribution in [2.75, 3.05) is 6.54 Å². The molecule has 2 aromatic rings. The molecule has 5 nitrogen and oxygen atoms in total. The lowest BCUT2D eigenvalue weighted by molar-refractivity contribution is 0.0948. The number of aromatic nitrogens is 3. The molecule has 1 amide bonds. The Morgan fingerprint density at radius 3 is 3.12 bits per heavy atom. The van der Waals surface area contributed by atoms with Gasteiger partial charge in [-0.25, -0.2) is 4.98 Å². The molecule has 0 bridgehead atoms. The van der Waals surface area contributed by atoms with Crippen molar-refractivity contribution in [1.82, 2.24) is 19.9 Å². The molecule has 0 radical (unpaired) electrons. The van der Waals surface area contributed by atoms with E-state index in [2.05, 4.69) is 31.2 Å². The number of imidazole rings is 1. The van der Waals surface area contributed by atoms with Crippen LogP contribution in [0.5, 0.6) is 0 Å². The van der Waals surface area contributed by atoms with Gasteiger partial charge in [-0.15, -0.1) is 0 Å². The predicted octanol–water partition coefficient (Wildman–Crippen LogP) is 1.40. The molecule has 0 saturated carbocycles. The topological polar surface area (TPSA) is 62.7 Å². The van der Waals surface area contributed by atoms with Gasteiger partial charge in [0.05, 0.1) is 6.33 Å². The lowest BCUT2D eigenvalue weighted by atomic mass is 10.4. The lowest BCUT2D eigenvalue weighted by Gasteiger charge is -2.04. The highest BCUT2D eigenvalue weighted by Gasteiger charge is 2.06. The number of halogens is 1. The number of carbonyl (C=O) groups excluding carboxylic acids is 1. The number of hydrogen-bond acceptors (Lipinski definition) is 2. The molecule has 0 unspecified atom stereocenters. The first-order valence-corrected chi connectivity index (χ1v) is 5.63. The summed E-state index contributed by atoms with van der Waals surface area (Å²) in [5.74, 6) is -0.106. The zero-order chi connectivity index (χ0) is 11.4. The Labute approximate surface area is 101 Å². The number of aromatic amines is 1. The number of nitrogens with zero attached hydrogens (tertiary/aromatic N) is 2. The van der Waals surface area contributed by atoms with Gasteiger partial charge >= 0.3 is 0 Å². The normalized spacial score (nSPS) is 10.3. The minimum Gasteiger partial charge on any atom is -0.356 e. The second-order valence-corrected chi connectivity index (χ2v) is 4.20. The standard InChI is InChI=1S/C10H11BrN4O/c11-8-5-9(14-6-8)10(16)13-2-4-15-3-1-12-7-15/h1,3,5-7,14H,2,4H2,(H,13,16). The molecule has 0 aromatic carbocycles. The number of amides is 1. The molecular weight excluding hydrogens is 272 g/mol. The van der Waals surface area contributed by atoms with Crippen LogP contribution in [0, 0.1) is 0 Å². The van der Waals surface area contributed by atoms with E-state index in [1.54, 1.807) is 24.8 Å². The van der Waals surface area contributed by atoms with Crippen molar-refractivity contribution in [2.45, 2.75) is 6.54 Å². The third-order valence-corrected chi connectivity index (χ3v) is 2.56. The highest BCUT2D eigenvalue weighted by molar-refractivity contribution is 9.10. The highest BCUT2D eigenvalue weighted by Crippen LogP contribution is 2.10. The van der Waals surface area contributed by atoms with Crippen molar-refractivity contribution in [1.29, 1.82) is 0 Å². The summed E-state index contributed by atoms with van der Waals surface area (Å²) in [6, 6.07) is 1.74. The van der Waals surface area contributed by atoms with Crippen LogP contribution in [0.3, 0.4) is 0 Å². The zero-order valence-electron chi connectivity index (χ0n) is 8.48. The highest BCUT2D eigenvalue weighted by atomic mass is 79.9. The lowest BCUT2D eigenvalue weighted by Crippen LogP contribution is -2.27. The molecular formula is C10H11BrN4O. The van der Waals surface area contributed by atoms with E-state index in [0.717, 1.165) is 4.47 Å². The zero-order valence-corrected chi connectivity index (χ0v) is 10.1. The van der Waals surface area contributed by atoms with Crippen LogP contribution in [0.15, 0.2) is 35.5 Å². The van der Waals surface area contributed by atoms with E-state index in [-0.39, 0.29) is 5.91 Å². The Kier molecular flexibility index (Phi) is 3.40. The largest absolute Gasteiger partial charge is 0.356 e. The van der Waals surface area contributed by atoms with Crippen molar-refractivity contribution in [3.63, 3.8) is 0 Å². The molecule has 2 N–H and O–H groups in total. The quantitative estimate of drug-likeness (QED) is 0.891. The average molecular weight is 283 g/mol. The van der Waals surface area contributed by atoms with Crippen LogP contribution in [0.1, 0.15) is 10.5 Å². The fraction of sp³-hybridized carbons (Fsp3) is 0.200. The van der Waals surface area contributed by atoms with Crippen LogP contribution in [0.25, 0.3) is 0 Å². The summed E-state index contributed by atoms with van der Waals surface area (Å²) in [6.07, 6.45) is 7.02. The first-order chi connectivity index (χ1) is 7.75. The smallest absolute Gasteiger partial charge is 0.267 e. The number of carbonyl (C=O) groups is 1. The molecule has 0 aliphatic rings. The summed E-state index contributed by atoms with van der Waals surface area (Å²) in [7, 11) is 0. The van der Waals surface area contributed by atoms with Crippen molar-refractivity contribution in [3.8, 4) is 0 Å². The molecule has 2 heterocycles. The van der Waals surface area contributed by atoms with Crippen molar-refractivity contribution in [2.24, 2.45) is 0 Å². The Hall–Kier alpha value is -1.56. The van der Waals surface area contributed by atoms with E-state index in [9.17, 15) is 4.79 Å². The van der Waals surface area contributed by atoms with E-state index < -0.39 is 0 Å². The third-order valence-electron chi connectivity index (χ3n) is 2.11. The number of hydrogen-bond donors (Lipinski definition) is 2. The summed E-state index contributed by atoms with van der Waals surface area (Å²) in [6.45, 7) is 1.29. The van der Waals surface area contributed by atoms with Gasteiger partial charge in [0.2, 0.25) is 0 Å². The van der Waals surface area contributed by atoms with Crippen LogP contribution < -0.4 is 5.32 Å². The monoisotopic (exact) mass is 282 g/mol. The minimum absolute atomic E-state index is 0.106. The maximum Gasteiger partial charge on any atom is 0.267 e. The van der Waals surface area contributed by atoms with Gasteiger partial charge in [0.1, 0.15) is 5.69 Å². The van der Waals surface area contributed by atoms with Crippen LogP contribution in [0.4, 0.5) is 0 Å². The summed E-state index contributed by atoms with van der Waals surface area (Å²) >= 11 is 3.28. The van der Waals surface area contributed by atoms with E-state index in [1.165, 1.54) is 0 Å². The maximum atomic E-state index is 11.6. The number of H-pyrrole nitrogens is 1. The maximum absolute atomic E-state index is 11.6. The van der Waals surface area contributed by atoms with Crippen molar-refractivity contribution < 1.29 is 4.79 Å². The Morgan fingerprint density at radius 2 is 2.50 bits per heavy atom. The summed E-state index contributed by atoms with van der Waals surface area (Å²) in [5.41, 5.74) is 0.553. The molecule has 84 valence electrons. The van der Waals surface area contributed by atoms with E-state index in [4.69, 9.17) is 0 Å². The summed E-state index contributed by atoms with van der Waals surface area (Å²) in [5, 5.41) is 2.81. The first kappa shape index (κ1) is 10.9. The Bertz CT molecular complexity index is 463. The molecule has 0 aliphatic heterocycles. The van der Waals surface area contributed by atoms with E-state index in [1.807, 2.05) is 10.8 Å². The second kappa shape index (κ2) is 4.98. The fourth-order valence-corrected chi connectivity index (χ4v) is 1.66. The number of nitrogens with one attached hydrogen (secondary N) is 2. The second-order valence-electron chi connectivity index (χ2n) is 3.29. The molecule has 0 fully saturated rings. The molecule has 0 atom stereocenters. The van der Waals surface area contributed by atoms with Crippen molar-refractivity contribution in [3.05, 3.63) is 41.2 Å². The van der Waals surface area contributed by atoms with E-state index in [0.29, 0.717) is 18.8 Å². The van der Waals surface area contributed by atoms with E-state index >= 15 is 0 Å². The molecule has 2 rings (SSSR count). The molecule has 2 aromatic heterocycles. The predicted molar refractivity (Wildman–Crippen MR) is 63.1 cm³/mol. The molecule has 6 heteroatoms. The fourth-order valence-electron chi connectivity index (χ4n) is 1.31. The van der Waals surface area contributed by atoms with Gasteiger partial charge in [0, 0.05) is 36.2 Å². The molecule has 0 spiro atoms. The molecule has 16 heavy (non-hydrogen) atoms. The van der Waals surface area contributed by atoms with Gasteiger partial charge < -0.3 is 14.9 Å². The van der Waals surface area contributed by atoms with Crippen LogP contribution in [-0.4, -0.2) is 27.0 Å². The van der Waals surface area contributed by atoms with Crippen molar-refractivity contribution >= 4 is 21.8 Å². The van der Waals surface area contributed by atoms with Gasteiger partial charge in [-0.1, -0.05) is 0 Å². The molecule has 0 saturated heterocycles. The summed E-state index contributed by atoms with van der Waals surface area (Å²) < 4.78 is 2.78. The molecule has 0 aliphatic carbocycles. The summed E-state index contributed by atoms with van der Waals surface area (Å²) in [4.78, 5) is 18.4. The number of rotatable bonds is 4. The van der Waals surface area contributed by atoms with Crippen LogP contribution in [-0.2, 0) is 6.54 Å². The van der Waals surface area contributed by atoms with Gasteiger partial charge in [-0.2, -0.15) is 0 Å². The minimum atomic E-state index is -0.106. The van der Waals surface area contributed by atoms with Crippen LogP contribution in [0.2, 0.25) is 0 Å². The average Bonchev–Trinajstić information content (AvgIpc) is 2.89. The van der Waals surface area contributed by atoms with Gasteiger partial charge in [0.25, 0.3) is 5.91 Å². The van der Waals surface area contributed by atoms with Crippen LogP contribution >= 0.6 is 15.9 Å². The van der Waals surface area contributed by atoms with Gasteiger partial charge in [-0.3, -0.25) is 4.79 Å². The Balaban J connectivity index is 1.80. The Morgan fingerprint density at radius 1 is 1.62 bits per heavy atom. The third kappa shape index (κ3) is 2.73. The first-order valence-electron chi connectivity index (χ1n) is 4.83. The SMILES string of the molecule is O=C(NCCn1ccnc1)c1cc(Br)c[nH]1. The van der Waals surface area contributed by atoms with Gasteiger partial charge in [-0.05, 0) is 22.0 Å².